The molecule has 0 saturated carbocycles. The Morgan fingerprint density at radius 3 is 2.58 bits per heavy atom. The van der Waals surface area contributed by atoms with Crippen molar-refractivity contribution in [2.24, 2.45) is 0 Å². The van der Waals surface area contributed by atoms with Gasteiger partial charge in [0.1, 0.15) is 0 Å². The smallest absolute Gasteiger partial charge is 0.251 e. The molecule has 2 aromatic carbocycles. The lowest BCUT2D eigenvalue weighted by Crippen LogP contribution is -2.41. The highest BCUT2D eigenvalue weighted by Gasteiger charge is 2.18. The van der Waals surface area contributed by atoms with Gasteiger partial charge in [-0.2, -0.15) is 0 Å². The molecule has 1 aliphatic heterocycles. The minimum Gasteiger partial charge on any atom is -0.378 e. The molecule has 1 fully saturated rings. The number of nitrogens with zero attached hydrogens (tertiary/aromatic N) is 2. The molecule has 2 amide bonds. The number of fused-ring (bicyclic) bond motifs is 1. The van der Waals surface area contributed by atoms with Crippen LogP contribution in [0.15, 0.2) is 59.6 Å². The maximum atomic E-state index is 12.5. The third-order valence-corrected chi connectivity index (χ3v) is 6.49. The van der Waals surface area contributed by atoms with Crippen LogP contribution in [-0.2, 0) is 16.1 Å². The normalized spacial score (nSPS) is 14.0. The van der Waals surface area contributed by atoms with Crippen LogP contribution in [-0.4, -0.2) is 59.9 Å². The molecule has 8 heteroatoms. The van der Waals surface area contributed by atoms with Gasteiger partial charge in [-0.25, -0.2) is 0 Å². The molecule has 0 aliphatic carbocycles. The van der Waals surface area contributed by atoms with Gasteiger partial charge in [0.2, 0.25) is 5.91 Å². The molecule has 1 aliphatic rings. The van der Waals surface area contributed by atoms with Crippen molar-refractivity contribution in [1.82, 2.24) is 14.8 Å². The molecule has 6 nitrogen and oxygen atoms in total. The van der Waals surface area contributed by atoms with E-state index in [1.54, 1.807) is 36.0 Å². The van der Waals surface area contributed by atoms with E-state index in [0.29, 0.717) is 55.7 Å². The second-order valence-corrected chi connectivity index (χ2v) is 8.70. The van der Waals surface area contributed by atoms with Crippen molar-refractivity contribution in [3.05, 3.63) is 65.3 Å². The molecule has 0 spiro atoms. The van der Waals surface area contributed by atoms with Crippen LogP contribution in [0, 0.1) is 0 Å². The molecule has 3 aromatic rings. The minimum absolute atomic E-state index is 0.126. The average molecular weight is 458 g/mol. The van der Waals surface area contributed by atoms with E-state index in [1.807, 2.05) is 17.0 Å². The Hall–Kier alpha value is -2.48. The third kappa shape index (κ3) is 5.42. The monoisotopic (exact) mass is 457 g/mol. The quantitative estimate of drug-likeness (QED) is 0.550. The first-order valence-corrected chi connectivity index (χ1v) is 11.6. The van der Waals surface area contributed by atoms with Crippen molar-refractivity contribution in [2.75, 3.05) is 38.6 Å². The molecular formula is C23H24ClN3O3S. The molecule has 1 aromatic heterocycles. The summed E-state index contributed by atoms with van der Waals surface area (Å²) in [4.78, 5) is 27.8. The van der Waals surface area contributed by atoms with E-state index in [1.165, 1.54) is 0 Å². The summed E-state index contributed by atoms with van der Waals surface area (Å²) in [5.74, 6) is 0.417. The van der Waals surface area contributed by atoms with Gasteiger partial charge in [0.25, 0.3) is 5.91 Å². The lowest BCUT2D eigenvalue weighted by atomic mass is 10.2. The fraction of sp³-hybridized carbons (Fsp3) is 0.304. The van der Waals surface area contributed by atoms with Crippen LogP contribution >= 0.6 is 23.4 Å². The molecule has 2 heterocycles. The summed E-state index contributed by atoms with van der Waals surface area (Å²) in [5, 5.41) is 4.67. The zero-order valence-electron chi connectivity index (χ0n) is 17.1. The fourth-order valence-corrected chi connectivity index (χ4v) is 4.67. The number of hydrogen-bond donors (Lipinski definition) is 1. The maximum Gasteiger partial charge on any atom is 0.251 e. The van der Waals surface area contributed by atoms with Crippen LogP contribution in [0.1, 0.15) is 10.4 Å². The van der Waals surface area contributed by atoms with Gasteiger partial charge in [-0.3, -0.25) is 9.59 Å². The lowest BCUT2D eigenvalue weighted by molar-refractivity contribution is -0.132. The Morgan fingerprint density at radius 1 is 1.06 bits per heavy atom. The average Bonchev–Trinajstić information content (AvgIpc) is 3.16. The first kappa shape index (κ1) is 21.7. The first-order chi connectivity index (χ1) is 15.1. The van der Waals surface area contributed by atoms with Gasteiger partial charge >= 0.3 is 0 Å². The highest BCUT2D eigenvalue weighted by atomic mass is 35.5. The highest BCUT2D eigenvalue weighted by molar-refractivity contribution is 8.00. The largest absolute Gasteiger partial charge is 0.378 e. The minimum atomic E-state index is -0.126. The number of rotatable bonds is 7. The van der Waals surface area contributed by atoms with E-state index in [9.17, 15) is 9.59 Å². The van der Waals surface area contributed by atoms with Crippen molar-refractivity contribution in [1.29, 1.82) is 0 Å². The van der Waals surface area contributed by atoms with Crippen molar-refractivity contribution in [3.8, 4) is 0 Å². The molecule has 1 N–H and O–H groups in total. The summed E-state index contributed by atoms with van der Waals surface area (Å²) >= 11 is 7.44. The SMILES string of the molecule is O=C(NCCn1cc(SCC(=O)N2CCOCC2)c2ccccc21)c1ccc(Cl)cc1. The summed E-state index contributed by atoms with van der Waals surface area (Å²) in [7, 11) is 0. The Morgan fingerprint density at radius 2 is 1.81 bits per heavy atom. The molecule has 0 atom stereocenters. The Balaban J connectivity index is 1.38. The van der Waals surface area contributed by atoms with Crippen LogP contribution in [0.3, 0.4) is 0 Å². The van der Waals surface area contributed by atoms with Crippen molar-refractivity contribution >= 4 is 46.1 Å². The third-order valence-electron chi connectivity index (χ3n) is 5.21. The van der Waals surface area contributed by atoms with Crippen LogP contribution in [0.2, 0.25) is 5.02 Å². The molecule has 4 rings (SSSR count). The van der Waals surface area contributed by atoms with Crippen molar-refractivity contribution in [2.45, 2.75) is 11.4 Å². The van der Waals surface area contributed by atoms with Crippen molar-refractivity contribution < 1.29 is 14.3 Å². The van der Waals surface area contributed by atoms with E-state index >= 15 is 0 Å². The van der Waals surface area contributed by atoms with Crippen LogP contribution in [0.25, 0.3) is 10.9 Å². The number of nitrogens with one attached hydrogen (secondary N) is 1. The Labute approximate surface area is 190 Å². The van der Waals surface area contributed by atoms with E-state index in [0.717, 1.165) is 15.8 Å². The molecule has 1 saturated heterocycles. The number of hydrogen-bond acceptors (Lipinski definition) is 4. The standard InChI is InChI=1S/C23H24ClN3O3S/c24-18-7-5-17(6-8-18)23(29)25-9-10-27-15-21(19-3-1-2-4-20(19)27)31-16-22(28)26-11-13-30-14-12-26/h1-8,15H,9-14,16H2,(H,25,29). The fourth-order valence-electron chi connectivity index (χ4n) is 3.55. The molecule has 0 unspecified atom stereocenters. The summed E-state index contributed by atoms with van der Waals surface area (Å²) in [6.07, 6.45) is 2.07. The number of benzene rings is 2. The van der Waals surface area contributed by atoms with Gasteiger partial charge < -0.3 is 19.5 Å². The molecule has 0 bridgehead atoms. The number of aromatic nitrogens is 1. The van der Waals surface area contributed by atoms with E-state index in [2.05, 4.69) is 28.2 Å². The summed E-state index contributed by atoms with van der Waals surface area (Å²) < 4.78 is 7.45. The predicted molar refractivity (Wildman–Crippen MR) is 124 cm³/mol. The summed E-state index contributed by atoms with van der Waals surface area (Å²) in [5.41, 5.74) is 1.67. The maximum absolute atomic E-state index is 12.5. The number of para-hydroxylation sites is 1. The molecular weight excluding hydrogens is 434 g/mol. The second-order valence-electron chi connectivity index (χ2n) is 7.25. The van der Waals surface area contributed by atoms with Crippen molar-refractivity contribution in [3.63, 3.8) is 0 Å². The number of carbonyl (C=O) groups is 2. The number of ether oxygens (including phenoxy) is 1. The molecule has 0 radical (unpaired) electrons. The van der Waals surface area contributed by atoms with E-state index in [4.69, 9.17) is 16.3 Å². The Kier molecular flexibility index (Phi) is 7.17. The van der Waals surface area contributed by atoms with E-state index < -0.39 is 0 Å². The van der Waals surface area contributed by atoms with Crippen LogP contribution < -0.4 is 5.32 Å². The van der Waals surface area contributed by atoms with Gasteiger partial charge in [0, 0.05) is 58.8 Å². The van der Waals surface area contributed by atoms with Gasteiger partial charge in [-0.1, -0.05) is 29.8 Å². The van der Waals surface area contributed by atoms with Crippen LogP contribution in [0.4, 0.5) is 0 Å². The zero-order valence-corrected chi connectivity index (χ0v) is 18.6. The first-order valence-electron chi connectivity index (χ1n) is 10.2. The number of amides is 2. The summed E-state index contributed by atoms with van der Waals surface area (Å²) in [6, 6.07) is 15.0. The summed E-state index contributed by atoms with van der Waals surface area (Å²) in [6.45, 7) is 3.67. The lowest BCUT2D eigenvalue weighted by Gasteiger charge is -2.26. The Bertz CT molecular complexity index is 1060. The number of carbonyl (C=O) groups excluding carboxylic acids is 2. The van der Waals surface area contributed by atoms with Crippen LogP contribution in [0.5, 0.6) is 0 Å². The van der Waals surface area contributed by atoms with Gasteiger partial charge in [0.15, 0.2) is 0 Å². The van der Waals surface area contributed by atoms with E-state index in [-0.39, 0.29) is 11.8 Å². The van der Waals surface area contributed by atoms with Gasteiger partial charge in [-0.15, -0.1) is 11.8 Å². The topological polar surface area (TPSA) is 63.6 Å². The molecule has 162 valence electrons. The number of thioether (sulfide) groups is 1. The highest BCUT2D eigenvalue weighted by Crippen LogP contribution is 2.30. The zero-order chi connectivity index (χ0) is 21.6. The molecule has 31 heavy (non-hydrogen) atoms. The number of morpholine rings is 1. The predicted octanol–water partition coefficient (Wildman–Crippen LogP) is 3.68. The van der Waals surface area contributed by atoms with Gasteiger partial charge in [0.05, 0.1) is 19.0 Å². The number of halogens is 1. The van der Waals surface area contributed by atoms with Gasteiger partial charge in [-0.05, 0) is 30.3 Å². The second kappa shape index (κ2) is 10.2.